The highest BCUT2D eigenvalue weighted by Crippen LogP contribution is 1.98. The summed E-state index contributed by atoms with van der Waals surface area (Å²) in [4.78, 5) is 4.72. The Morgan fingerprint density at radius 2 is 1.92 bits per heavy atom. The fourth-order valence-corrected chi connectivity index (χ4v) is 1.02. The molecule has 0 unspecified atom stereocenters. The molecule has 0 saturated carbocycles. The Morgan fingerprint density at radius 1 is 1.25 bits per heavy atom. The molecule has 0 aliphatic rings. The number of unbranched alkanes of at least 4 members (excludes halogenated alkanes) is 3. The van der Waals surface area contributed by atoms with Crippen LogP contribution in [0.2, 0.25) is 0 Å². The summed E-state index contributed by atoms with van der Waals surface area (Å²) in [6.07, 6.45) is 4.32. The van der Waals surface area contributed by atoms with Gasteiger partial charge in [0.25, 0.3) is 0 Å². The Bertz CT molecular complexity index is 91.1. The average molecular weight is 176 g/mol. The van der Waals surface area contributed by atoms with Gasteiger partial charge in [0.15, 0.2) is 0 Å². The van der Waals surface area contributed by atoms with Crippen molar-refractivity contribution in [1.29, 1.82) is 0 Å². The van der Waals surface area contributed by atoms with E-state index in [9.17, 15) is 0 Å². The highest BCUT2D eigenvalue weighted by atomic mass is 16.7. The molecule has 0 atom stereocenters. The van der Waals surface area contributed by atoms with Crippen LogP contribution in [0, 0.1) is 0 Å². The molecule has 0 saturated heterocycles. The van der Waals surface area contributed by atoms with Crippen molar-refractivity contribution in [3.8, 4) is 0 Å². The molecule has 0 fully saturated rings. The van der Waals surface area contributed by atoms with Crippen molar-refractivity contribution in [3.63, 3.8) is 0 Å². The molecular weight excluding hydrogens is 156 g/mol. The molecule has 0 aromatic heterocycles. The minimum absolute atomic E-state index is 0.312. The van der Waals surface area contributed by atoms with Crippen LogP contribution in [0.3, 0.4) is 0 Å². The molecule has 0 rings (SSSR count). The van der Waals surface area contributed by atoms with E-state index in [4.69, 9.17) is 9.94 Å². The van der Waals surface area contributed by atoms with Gasteiger partial charge in [0, 0.05) is 20.2 Å². The van der Waals surface area contributed by atoms with E-state index in [1.54, 1.807) is 7.11 Å². The first-order valence-electron chi connectivity index (χ1n) is 4.42. The summed E-state index contributed by atoms with van der Waals surface area (Å²) in [7, 11) is 3.54. The van der Waals surface area contributed by atoms with Crippen molar-refractivity contribution < 1.29 is 9.94 Å². The normalized spacial score (nSPS) is 11.0. The lowest BCUT2D eigenvalue weighted by Crippen LogP contribution is -2.34. The van der Waals surface area contributed by atoms with Crippen molar-refractivity contribution >= 4 is 0 Å². The first kappa shape index (κ1) is 11.8. The summed E-state index contributed by atoms with van der Waals surface area (Å²) < 4.78 is 0. The zero-order chi connectivity index (χ0) is 9.23. The molecule has 0 spiro atoms. The van der Waals surface area contributed by atoms with E-state index in [-0.39, 0.29) is 0 Å². The fraction of sp³-hybridized carbons (Fsp3) is 1.00. The van der Waals surface area contributed by atoms with Crippen LogP contribution in [-0.4, -0.2) is 37.4 Å². The van der Waals surface area contributed by atoms with Gasteiger partial charge in [-0.2, -0.15) is 0 Å². The van der Waals surface area contributed by atoms with E-state index in [0.717, 1.165) is 32.2 Å². The van der Waals surface area contributed by atoms with Crippen LogP contribution in [0.1, 0.15) is 25.7 Å². The second kappa shape index (κ2) is 8.93. The third-order valence-electron chi connectivity index (χ3n) is 1.65. The third kappa shape index (κ3) is 7.94. The molecule has 0 aliphatic carbocycles. The summed E-state index contributed by atoms with van der Waals surface area (Å²) >= 11 is 0. The van der Waals surface area contributed by atoms with E-state index in [1.807, 2.05) is 12.1 Å². The van der Waals surface area contributed by atoms with Crippen molar-refractivity contribution in [2.24, 2.45) is 0 Å². The quantitative estimate of drug-likeness (QED) is 0.418. The van der Waals surface area contributed by atoms with Crippen LogP contribution in [0.4, 0.5) is 0 Å². The Kier molecular flexibility index (Phi) is 8.81. The molecule has 12 heavy (non-hydrogen) atoms. The fourth-order valence-electron chi connectivity index (χ4n) is 1.02. The SMILES string of the molecule is CONN(C)CCCCCCO. The number of hydrazine groups is 1. The van der Waals surface area contributed by atoms with Gasteiger partial charge in [-0.1, -0.05) is 12.8 Å². The van der Waals surface area contributed by atoms with Crippen LogP contribution in [0.15, 0.2) is 0 Å². The second-order valence-corrected chi connectivity index (χ2v) is 2.85. The van der Waals surface area contributed by atoms with Crippen molar-refractivity contribution in [2.75, 3.05) is 27.3 Å². The van der Waals surface area contributed by atoms with Crippen LogP contribution in [-0.2, 0) is 4.84 Å². The Hall–Kier alpha value is -0.160. The van der Waals surface area contributed by atoms with Crippen molar-refractivity contribution in [2.45, 2.75) is 25.7 Å². The van der Waals surface area contributed by atoms with Crippen LogP contribution in [0.25, 0.3) is 0 Å². The zero-order valence-electron chi connectivity index (χ0n) is 8.05. The maximum absolute atomic E-state index is 8.52. The Labute approximate surface area is 74.4 Å². The highest BCUT2D eigenvalue weighted by molar-refractivity contribution is 4.45. The molecule has 0 aromatic carbocycles. The lowest BCUT2D eigenvalue weighted by molar-refractivity contribution is -0.0418. The van der Waals surface area contributed by atoms with Gasteiger partial charge in [0.1, 0.15) is 0 Å². The number of nitrogens with zero attached hydrogens (tertiary/aromatic N) is 1. The molecule has 0 radical (unpaired) electrons. The van der Waals surface area contributed by atoms with Gasteiger partial charge >= 0.3 is 0 Å². The van der Waals surface area contributed by atoms with E-state index >= 15 is 0 Å². The minimum atomic E-state index is 0.312. The molecule has 0 amide bonds. The molecule has 0 aliphatic heterocycles. The summed E-state index contributed by atoms with van der Waals surface area (Å²) in [5, 5.41) is 10.4. The van der Waals surface area contributed by atoms with Gasteiger partial charge in [0.2, 0.25) is 0 Å². The van der Waals surface area contributed by atoms with E-state index in [2.05, 4.69) is 5.59 Å². The maximum Gasteiger partial charge on any atom is 0.0588 e. The van der Waals surface area contributed by atoms with Gasteiger partial charge in [-0.3, -0.25) is 4.84 Å². The maximum atomic E-state index is 8.52. The number of rotatable bonds is 8. The Balaban J connectivity index is 2.97. The van der Waals surface area contributed by atoms with Crippen molar-refractivity contribution in [3.05, 3.63) is 0 Å². The van der Waals surface area contributed by atoms with E-state index in [1.165, 1.54) is 0 Å². The van der Waals surface area contributed by atoms with Crippen LogP contribution in [0.5, 0.6) is 0 Å². The van der Waals surface area contributed by atoms with Crippen LogP contribution >= 0.6 is 0 Å². The standard InChI is InChI=1S/C8H20N2O2/c1-10(9-12-2)7-5-3-4-6-8-11/h9,11H,3-8H2,1-2H3. The number of aliphatic hydroxyl groups excluding tert-OH is 1. The third-order valence-corrected chi connectivity index (χ3v) is 1.65. The summed E-state index contributed by atoms with van der Waals surface area (Å²) in [5.74, 6) is 0. The molecule has 74 valence electrons. The van der Waals surface area contributed by atoms with Gasteiger partial charge < -0.3 is 5.11 Å². The zero-order valence-corrected chi connectivity index (χ0v) is 8.05. The number of nitrogens with one attached hydrogen (secondary N) is 1. The summed E-state index contributed by atoms with van der Waals surface area (Å²) in [5.41, 5.74) is 2.72. The highest BCUT2D eigenvalue weighted by Gasteiger charge is 1.95. The van der Waals surface area contributed by atoms with Crippen molar-refractivity contribution in [1.82, 2.24) is 10.6 Å². The topological polar surface area (TPSA) is 44.7 Å². The molecule has 0 aromatic rings. The monoisotopic (exact) mass is 176 g/mol. The molecule has 4 heteroatoms. The smallest absolute Gasteiger partial charge is 0.0588 e. The first-order chi connectivity index (χ1) is 5.81. The number of aliphatic hydroxyl groups is 1. The molecule has 0 heterocycles. The van der Waals surface area contributed by atoms with Gasteiger partial charge in [-0.15, -0.1) is 5.59 Å². The minimum Gasteiger partial charge on any atom is -0.396 e. The molecule has 4 nitrogen and oxygen atoms in total. The summed E-state index contributed by atoms with van der Waals surface area (Å²) in [6, 6.07) is 0. The van der Waals surface area contributed by atoms with Crippen LogP contribution < -0.4 is 5.59 Å². The Morgan fingerprint density at radius 3 is 2.50 bits per heavy atom. The summed E-state index contributed by atoms with van der Waals surface area (Å²) in [6.45, 7) is 1.28. The van der Waals surface area contributed by atoms with E-state index < -0.39 is 0 Å². The van der Waals surface area contributed by atoms with Gasteiger partial charge in [-0.05, 0) is 12.8 Å². The lowest BCUT2D eigenvalue weighted by atomic mass is 10.2. The molecule has 2 N–H and O–H groups in total. The number of hydrogen-bond acceptors (Lipinski definition) is 4. The molecule has 0 bridgehead atoms. The predicted molar refractivity (Wildman–Crippen MR) is 48.3 cm³/mol. The largest absolute Gasteiger partial charge is 0.396 e. The predicted octanol–water partition coefficient (Wildman–Crippen LogP) is 0.537. The average Bonchev–Trinajstić information content (AvgIpc) is 2.05. The first-order valence-corrected chi connectivity index (χ1v) is 4.42. The van der Waals surface area contributed by atoms with E-state index in [0.29, 0.717) is 6.61 Å². The second-order valence-electron chi connectivity index (χ2n) is 2.85. The van der Waals surface area contributed by atoms with Gasteiger partial charge in [0.05, 0.1) is 7.11 Å². The molecular formula is C8H20N2O2. The number of hydrogen-bond donors (Lipinski definition) is 2. The lowest BCUT2D eigenvalue weighted by Gasteiger charge is -2.15. The van der Waals surface area contributed by atoms with Gasteiger partial charge in [-0.25, -0.2) is 5.01 Å².